The summed E-state index contributed by atoms with van der Waals surface area (Å²) in [7, 11) is 0. The molecule has 3 rings (SSSR count). The normalized spacial score (nSPS) is 16.9. The van der Waals surface area contributed by atoms with E-state index in [-0.39, 0.29) is 18.4 Å². The summed E-state index contributed by atoms with van der Waals surface area (Å²) in [5.41, 5.74) is 3.03. The van der Waals surface area contributed by atoms with Crippen LogP contribution in [0.5, 0.6) is 0 Å². The summed E-state index contributed by atoms with van der Waals surface area (Å²) in [6.07, 6.45) is 0. The van der Waals surface area contributed by atoms with Crippen LogP contribution >= 0.6 is 0 Å². The molecule has 132 valence electrons. The van der Waals surface area contributed by atoms with E-state index in [0.29, 0.717) is 24.2 Å². The minimum absolute atomic E-state index is 0.0914. The van der Waals surface area contributed by atoms with Gasteiger partial charge >= 0.3 is 0 Å². The van der Waals surface area contributed by atoms with E-state index in [4.69, 9.17) is 0 Å². The smallest absolute Gasteiger partial charge is 0.255 e. The van der Waals surface area contributed by atoms with Crippen molar-refractivity contribution in [2.45, 2.75) is 19.9 Å². The average molecular weight is 347 g/mol. The van der Waals surface area contributed by atoms with Gasteiger partial charge in [-0.2, -0.15) is 5.26 Å². The molecule has 1 unspecified atom stereocenters. The first-order chi connectivity index (χ1) is 12.5. The van der Waals surface area contributed by atoms with Crippen molar-refractivity contribution in [3.63, 3.8) is 0 Å². The summed E-state index contributed by atoms with van der Waals surface area (Å²) in [6.45, 7) is 4.77. The summed E-state index contributed by atoms with van der Waals surface area (Å²) < 4.78 is 0. The topological polar surface area (TPSA) is 64.4 Å². The van der Waals surface area contributed by atoms with Crippen molar-refractivity contribution < 1.29 is 9.59 Å². The van der Waals surface area contributed by atoms with Gasteiger partial charge < -0.3 is 9.80 Å². The molecule has 0 N–H and O–H groups in total. The van der Waals surface area contributed by atoms with Crippen molar-refractivity contribution in [3.05, 3.63) is 70.8 Å². The molecule has 5 heteroatoms. The van der Waals surface area contributed by atoms with Crippen LogP contribution in [-0.4, -0.2) is 47.3 Å². The molecule has 0 saturated carbocycles. The van der Waals surface area contributed by atoms with E-state index in [2.05, 4.69) is 6.07 Å². The van der Waals surface area contributed by atoms with Gasteiger partial charge in [-0.1, -0.05) is 36.4 Å². The van der Waals surface area contributed by atoms with Crippen molar-refractivity contribution in [2.24, 2.45) is 0 Å². The summed E-state index contributed by atoms with van der Waals surface area (Å²) in [6, 6.07) is 16.3. The molecule has 5 nitrogen and oxygen atoms in total. The van der Waals surface area contributed by atoms with Crippen LogP contribution in [0, 0.1) is 25.2 Å². The van der Waals surface area contributed by atoms with Gasteiger partial charge in [0.25, 0.3) is 11.8 Å². The summed E-state index contributed by atoms with van der Waals surface area (Å²) in [4.78, 5) is 28.9. The zero-order valence-electron chi connectivity index (χ0n) is 15.0. The van der Waals surface area contributed by atoms with Gasteiger partial charge in [0, 0.05) is 24.2 Å². The number of nitrogens with zero attached hydrogens (tertiary/aromatic N) is 3. The van der Waals surface area contributed by atoms with Crippen LogP contribution in [0.15, 0.2) is 48.5 Å². The van der Waals surface area contributed by atoms with Crippen molar-refractivity contribution >= 4 is 11.8 Å². The van der Waals surface area contributed by atoms with E-state index in [9.17, 15) is 14.9 Å². The zero-order chi connectivity index (χ0) is 18.7. The van der Waals surface area contributed by atoms with Gasteiger partial charge in [0.2, 0.25) is 0 Å². The number of nitriles is 1. The molecule has 1 aliphatic heterocycles. The predicted octanol–water partition coefficient (Wildman–Crippen LogP) is 2.79. The second-order valence-corrected chi connectivity index (χ2v) is 6.52. The highest BCUT2D eigenvalue weighted by Crippen LogP contribution is 2.19. The van der Waals surface area contributed by atoms with Gasteiger partial charge in [-0.05, 0) is 37.1 Å². The van der Waals surface area contributed by atoms with Crippen LogP contribution in [0.4, 0.5) is 0 Å². The highest BCUT2D eigenvalue weighted by molar-refractivity contribution is 5.97. The Labute approximate surface area is 153 Å². The summed E-state index contributed by atoms with van der Waals surface area (Å²) in [5.74, 6) is -0.246. The lowest BCUT2D eigenvalue weighted by Crippen LogP contribution is -2.56. The largest absolute Gasteiger partial charge is 0.334 e. The van der Waals surface area contributed by atoms with E-state index in [1.807, 2.05) is 50.2 Å². The van der Waals surface area contributed by atoms with Crippen molar-refractivity contribution in [1.82, 2.24) is 9.80 Å². The second-order valence-electron chi connectivity index (χ2n) is 6.52. The number of carbonyl (C=O) groups excluding carboxylic acids is 2. The Morgan fingerprint density at radius 3 is 2.00 bits per heavy atom. The third-order valence-corrected chi connectivity index (χ3v) is 4.83. The first kappa shape index (κ1) is 17.7. The summed E-state index contributed by atoms with van der Waals surface area (Å²) in [5, 5.41) is 9.57. The molecule has 2 amide bonds. The predicted molar refractivity (Wildman–Crippen MR) is 98.7 cm³/mol. The third-order valence-electron chi connectivity index (χ3n) is 4.83. The van der Waals surface area contributed by atoms with Gasteiger partial charge in [0.1, 0.15) is 6.04 Å². The number of amides is 2. The van der Waals surface area contributed by atoms with Gasteiger partial charge in [0.15, 0.2) is 0 Å². The fourth-order valence-corrected chi connectivity index (χ4v) is 3.27. The van der Waals surface area contributed by atoms with Crippen molar-refractivity contribution in [2.75, 3.05) is 19.6 Å². The van der Waals surface area contributed by atoms with Crippen LogP contribution in [0.1, 0.15) is 31.8 Å². The zero-order valence-corrected chi connectivity index (χ0v) is 15.0. The average Bonchev–Trinajstić information content (AvgIpc) is 2.67. The first-order valence-corrected chi connectivity index (χ1v) is 8.64. The Morgan fingerprint density at radius 2 is 1.46 bits per heavy atom. The second kappa shape index (κ2) is 7.40. The van der Waals surface area contributed by atoms with Gasteiger partial charge in [-0.25, -0.2) is 0 Å². The molecule has 0 spiro atoms. The molecule has 0 bridgehead atoms. The van der Waals surface area contributed by atoms with Crippen LogP contribution in [0.25, 0.3) is 0 Å². The number of carbonyl (C=O) groups is 2. The maximum absolute atomic E-state index is 12.9. The molecule has 0 radical (unpaired) electrons. The fraction of sp³-hybridized carbons (Fsp3) is 0.286. The number of aryl methyl sites for hydroxylation is 2. The van der Waals surface area contributed by atoms with Crippen LogP contribution in [0.3, 0.4) is 0 Å². The molecule has 2 aromatic carbocycles. The first-order valence-electron chi connectivity index (χ1n) is 8.64. The lowest BCUT2D eigenvalue weighted by molar-refractivity contribution is 0.0460. The molecular weight excluding hydrogens is 326 g/mol. The number of benzene rings is 2. The van der Waals surface area contributed by atoms with Gasteiger partial charge in [-0.15, -0.1) is 0 Å². The number of rotatable bonds is 2. The minimum Gasteiger partial charge on any atom is -0.334 e. The standard InChI is InChI=1S/C21H21N3O2/c1-15-7-3-5-9-18(15)20(25)23-11-12-24(17(13-22)14-23)21(26)19-10-6-4-8-16(19)2/h3-10,17H,11-12,14H2,1-2H3. The van der Waals surface area contributed by atoms with E-state index in [1.54, 1.807) is 21.9 Å². The van der Waals surface area contributed by atoms with E-state index in [0.717, 1.165) is 11.1 Å². The quantitative estimate of drug-likeness (QED) is 0.839. The Kier molecular flexibility index (Phi) is 5.04. The summed E-state index contributed by atoms with van der Waals surface area (Å²) >= 11 is 0. The van der Waals surface area contributed by atoms with E-state index >= 15 is 0 Å². The number of piperazine rings is 1. The van der Waals surface area contributed by atoms with Crippen molar-refractivity contribution in [3.8, 4) is 6.07 Å². The molecule has 1 fully saturated rings. The van der Waals surface area contributed by atoms with Crippen molar-refractivity contribution in [1.29, 1.82) is 5.26 Å². The molecule has 26 heavy (non-hydrogen) atoms. The fourth-order valence-electron chi connectivity index (χ4n) is 3.27. The molecule has 1 heterocycles. The molecule has 1 atom stereocenters. The maximum atomic E-state index is 12.9. The van der Waals surface area contributed by atoms with Gasteiger partial charge in [-0.3, -0.25) is 9.59 Å². The van der Waals surface area contributed by atoms with Crippen LogP contribution in [-0.2, 0) is 0 Å². The maximum Gasteiger partial charge on any atom is 0.255 e. The lowest BCUT2D eigenvalue weighted by Gasteiger charge is -2.38. The Morgan fingerprint density at radius 1 is 0.923 bits per heavy atom. The molecule has 2 aromatic rings. The highest BCUT2D eigenvalue weighted by atomic mass is 16.2. The van der Waals surface area contributed by atoms with Crippen LogP contribution < -0.4 is 0 Å². The molecule has 0 aliphatic carbocycles. The van der Waals surface area contributed by atoms with E-state index in [1.165, 1.54) is 0 Å². The third kappa shape index (κ3) is 3.31. The molecule has 1 saturated heterocycles. The Hall–Kier alpha value is -3.13. The lowest BCUT2D eigenvalue weighted by atomic mass is 10.0. The molecular formula is C21H21N3O2. The van der Waals surface area contributed by atoms with Crippen LogP contribution in [0.2, 0.25) is 0 Å². The molecule has 0 aromatic heterocycles. The Balaban J connectivity index is 1.78. The minimum atomic E-state index is -0.649. The number of hydrogen-bond acceptors (Lipinski definition) is 3. The monoisotopic (exact) mass is 347 g/mol. The number of hydrogen-bond donors (Lipinski definition) is 0. The SMILES string of the molecule is Cc1ccccc1C(=O)N1CCN(C(=O)c2ccccc2C)C(C#N)C1. The Bertz CT molecular complexity index is 885. The molecule has 1 aliphatic rings. The highest BCUT2D eigenvalue weighted by Gasteiger charge is 2.33. The van der Waals surface area contributed by atoms with Gasteiger partial charge in [0.05, 0.1) is 12.6 Å². The van der Waals surface area contributed by atoms with E-state index < -0.39 is 6.04 Å².